The van der Waals surface area contributed by atoms with Crippen molar-refractivity contribution in [3.8, 4) is 0 Å². The van der Waals surface area contributed by atoms with Crippen LogP contribution < -0.4 is 0 Å². The van der Waals surface area contributed by atoms with Gasteiger partial charge in [0, 0.05) is 46.8 Å². The van der Waals surface area contributed by atoms with E-state index in [-0.39, 0.29) is 75.3 Å². The van der Waals surface area contributed by atoms with Gasteiger partial charge in [-0.1, -0.05) is 0 Å². The smallest absolute Gasteiger partial charge is 0.316 e. The van der Waals surface area contributed by atoms with Crippen molar-refractivity contribution in [3.63, 3.8) is 0 Å². The molecular weight excluding hydrogens is 218 g/mol. The van der Waals surface area contributed by atoms with Gasteiger partial charge in [0.2, 0.25) is 0 Å². The summed E-state index contributed by atoms with van der Waals surface area (Å²) < 4.78 is 0. The average Bonchev–Trinajstić information content (AvgIpc) is 0. The third-order valence-corrected chi connectivity index (χ3v) is 0. The zero-order valence-corrected chi connectivity index (χ0v) is 8.92. The molecule has 16 valence electrons. The van der Waals surface area contributed by atoms with Crippen LogP contribution in [0.25, 0.3) is 0 Å². The fourth-order valence-electron chi connectivity index (χ4n) is 0. The van der Waals surface area contributed by atoms with Gasteiger partial charge in [0.1, 0.15) is 0 Å². The van der Waals surface area contributed by atoms with Gasteiger partial charge in [-0.05, 0) is 0 Å². The van der Waals surface area contributed by atoms with Gasteiger partial charge in [-0.25, -0.2) is 0 Å². The quantitative estimate of drug-likeness (QED) is 0.435. The average molecular weight is 222 g/mol. The Morgan fingerprint density at radius 3 is 1.00 bits per heavy atom. The van der Waals surface area contributed by atoms with Gasteiger partial charge in [0.15, 0.2) is 0 Å². The molecule has 4 heavy (non-hydrogen) atoms. The van der Waals surface area contributed by atoms with Gasteiger partial charge in [0.25, 0.3) is 0 Å². The van der Waals surface area contributed by atoms with Crippen LogP contribution in [0.3, 0.4) is 0 Å². The fourth-order valence-corrected chi connectivity index (χ4v) is 0. The summed E-state index contributed by atoms with van der Waals surface area (Å²) in [6.45, 7) is 0. The molecule has 1 nitrogen and oxygen atoms in total. The Kier molecular flexibility index (Phi) is 157. The Morgan fingerprint density at radius 2 is 1.00 bits per heavy atom. The molecule has 0 unspecified atom stereocenters. The molecule has 0 saturated heterocycles. The largest absolute Gasteiger partial charge is 0.412 e. The molecule has 0 fully saturated rings. The van der Waals surface area contributed by atoms with Crippen molar-refractivity contribution in [3.05, 3.63) is 0 Å². The first-order valence-electron chi connectivity index (χ1n) is 0. The van der Waals surface area contributed by atoms with Crippen LogP contribution in [0.1, 0.15) is 0 Å². The first-order chi connectivity index (χ1) is 0. The van der Waals surface area contributed by atoms with Gasteiger partial charge >= 0.3 is 23.1 Å². The van der Waals surface area contributed by atoms with Crippen LogP contribution in [0.2, 0.25) is 0 Å². The van der Waals surface area contributed by atoms with Crippen molar-refractivity contribution in [2.75, 3.05) is 0 Å². The molecule has 0 amide bonds. The molecule has 0 aromatic heterocycles. The van der Waals surface area contributed by atoms with E-state index >= 15 is 0 Å². The second-order valence-corrected chi connectivity index (χ2v) is 0. The summed E-state index contributed by atoms with van der Waals surface area (Å²) in [6, 6.07) is 0. The first kappa shape index (κ1) is 33.8. The van der Waals surface area contributed by atoms with E-state index in [9.17, 15) is 0 Å². The summed E-state index contributed by atoms with van der Waals surface area (Å²) in [5.74, 6) is 0. The minimum absolute atomic E-state index is 0. The van der Waals surface area contributed by atoms with Crippen molar-refractivity contribution in [2.45, 2.75) is 0 Å². The van der Waals surface area contributed by atoms with E-state index in [0.29, 0.717) is 0 Å². The number of hydrogen-bond donors (Lipinski definition) is 0. The topological polar surface area (TPSA) is 31.5 Å². The summed E-state index contributed by atoms with van der Waals surface area (Å²) >= 11 is 0. The second-order valence-electron chi connectivity index (χ2n) is 0. The van der Waals surface area contributed by atoms with Crippen LogP contribution in [0.4, 0.5) is 0 Å². The van der Waals surface area contributed by atoms with Gasteiger partial charge in [-0.15, -0.1) is 0 Å². The molecular formula is H4CdMgOZn. The van der Waals surface area contributed by atoms with Crippen LogP contribution in [0.15, 0.2) is 0 Å². The summed E-state index contributed by atoms with van der Waals surface area (Å²) in [4.78, 5) is 0. The molecule has 0 spiro atoms. The van der Waals surface area contributed by atoms with Crippen LogP contribution in [0, 0.1) is 0 Å². The SMILES string of the molecule is O.[Cd].[MgH2].[Zn]. The monoisotopic (exact) mass is 222 g/mol. The molecule has 0 atom stereocenters. The molecule has 0 saturated carbocycles. The van der Waals surface area contributed by atoms with E-state index in [0.717, 1.165) is 0 Å². The van der Waals surface area contributed by atoms with E-state index in [1.54, 1.807) is 0 Å². The molecule has 0 radical (unpaired) electrons. The second kappa shape index (κ2) is 18.6. The molecule has 4 heteroatoms. The summed E-state index contributed by atoms with van der Waals surface area (Å²) in [5.41, 5.74) is 0. The molecule has 0 aromatic rings. The summed E-state index contributed by atoms with van der Waals surface area (Å²) in [6.07, 6.45) is 0. The zero-order valence-electron chi connectivity index (χ0n) is 1.91. The van der Waals surface area contributed by atoms with Crippen molar-refractivity contribution < 1.29 is 52.3 Å². The van der Waals surface area contributed by atoms with Crippen LogP contribution >= 0.6 is 0 Å². The molecule has 0 aliphatic rings. The third-order valence-electron chi connectivity index (χ3n) is 0. The van der Waals surface area contributed by atoms with Gasteiger partial charge in [-0.3, -0.25) is 0 Å². The Balaban J connectivity index is 0. The van der Waals surface area contributed by atoms with E-state index in [1.165, 1.54) is 0 Å². The summed E-state index contributed by atoms with van der Waals surface area (Å²) in [5, 5.41) is 0. The molecule has 0 heterocycles. The molecule has 2 N–H and O–H groups in total. The molecule has 0 aromatic carbocycles. The van der Waals surface area contributed by atoms with E-state index in [2.05, 4.69) is 0 Å². The van der Waals surface area contributed by atoms with Gasteiger partial charge in [-0.2, -0.15) is 0 Å². The summed E-state index contributed by atoms with van der Waals surface area (Å²) in [7, 11) is 0. The van der Waals surface area contributed by atoms with E-state index in [4.69, 9.17) is 0 Å². The molecule has 0 aliphatic heterocycles. The van der Waals surface area contributed by atoms with Crippen LogP contribution in [0.5, 0.6) is 0 Å². The molecule has 0 bridgehead atoms. The Bertz CT molecular complexity index is 8.00. The standard InChI is InChI=1S/Cd.Mg.H2O.Zn.2H/h;;1H2;;;. The van der Waals surface area contributed by atoms with Crippen molar-refractivity contribution in [1.82, 2.24) is 0 Å². The minimum atomic E-state index is 0. The van der Waals surface area contributed by atoms with Gasteiger partial charge < -0.3 is 5.48 Å². The molecule has 0 rings (SSSR count). The van der Waals surface area contributed by atoms with Crippen molar-refractivity contribution in [1.29, 1.82) is 0 Å². The maximum Gasteiger partial charge on any atom is 0.316 e. The predicted octanol–water partition coefficient (Wildman–Crippen LogP) is -1.75. The normalized spacial score (nSPS) is 0. The number of hydrogen-bond acceptors (Lipinski definition) is 0. The Hall–Kier alpha value is 2.27. The molecule has 0 aliphatic carbocycles. The van der Waals surface area contributed by atoms with Crippen LogP contribution in [-0.2, 0) is 46.8 Å². The maximum atomic E-state index is 0. The van der Waals surface area contributed by atoms with E-state index < -0.39 is 0 Å². The van der Waals surface area contributed by atoms with Crippen molar-refractivity contribution in [2.24, 2.45) is 0 Å². The maximum absolute atomic E-state index is 0. The Morgan fingerprint density at radius 1 is 1.00 bits per heavy atom. The first-order valence-corrected chi connectivity index (χ1v) is 0. The third kappa shape index (κ3) is 8.86. The van der Waals surface area contributed by atoms with Gasteiger partial charge in [0.05, 0.1) is 0 Å². The fraction of sp³-hybridized carbons (Fsp3) is 0. The predicted molar refractivity (Wildman–Crippen MR) is 12.2 cm³/mol. The number of rotatable bonds is 0. The minimum Gasteiger partial charge on any atom is -0.412 e. The van der Waals surface area contributed by atoms with Crippen molar-refractivity contribution >= 4 is 23.1 Å². The van der Waals surface area contributed by atoms with E-state index in [1.807, 2.05) is 0 Å². The van der Waals surface area contributed by atoms with Crippen LogP contribution in [-0.4, -0.2) is 28.5 Å². The Labute approximate surface area is 74.3 Å². The zero-order chi connectivity index (χ0) is 0.